The molecule has 1 saturated heterocycles. The molecule has 5 aromatic rings. The summed E-state index contributed by atoms with van der Waals surface area (Å²) in [6.07, 6.45) is 8.05. The number of nitrogens with two attached hydrogens (primary N) is 1. The second-order valence-electron chi connectivity index (χ2n) is 7.75. The number of hydrogen-bond acceptors (Lipinski definition) is 6. The molecule has 1 aromatic carbocycles. The van der Waals surface area contributed by atoms with Crippen LogP contribution in [0.2, 0.25) is 0 Å². The quantitative estimate of drug-likeness (QED) is 0.429. The molecule has 7 heteroatoms. The number of aromatic nitrogens is 3. The average Bonchev–Trinajstić information content (AvgIpc) is 3.53. The van der Waals surface area contributed by atoms with Crippen molar-refractivity contribution in [2.75, 3.05) is 18.8 Å². The smallest absolute Gasteiger partial charge is 0.177 e. The predicted octanol–water partition coefficient (Wildman–Crippen LogP) is 5.08. The van der Waals surface area contributed by atoms with Gasteiger partial charge in [-0.15, -0.1) is 11.3 Å². The Bertz CT molecular complexity index is 1360. The van der Waals surface area contributed by atoms with Crippen molar-refractivity contribution in [2.24, 2.45) is 0 Å². The molecule has 0 bridgehead atoms. The van der Waals surface area contributed by atoms with Gasteiger partial charge in [0.05, 0.1) is 12.2 Å². The molecule has 6 rings (SSSR count). The molecule has 0 radical (unpaired) electrons. The third-order valence-corrected chi connectivity index (χ3v) is 6.89. The van der Waals surface area contributed by atoms with Gasteiger partial charge < -0.3 is 15.5 Å². The van der Waals surface area contributed by atoms with E-state index in [1.54, 1.807) is 11.3 Å². The summed E-state index contributed by atoms with van der Waals surface area (Å²) >= 11 is 1.72. The van der Waals surface area contributed by atoms with E-state index in [4.69, 9.17) is 10.2 Å². The summed E-state index contributed by atoms with van der Waals surface area (Å²) in [5.74, 6) is 1.22. The molecule has 5 heterocycles. The van der Waals surface area contributed by atoms with Crippen molar-refractivity contribution in [2.45, 2.75) is 18.9 Å². The van der Waals surface area contributed by atoms with Crippen LogP contribution in [0.4, 0.5) is 5.82 Å². The maximum atomic E-state index is 6.23. The zero-order chi connectivity index (χ0) is 20.1. The van der Waals surface area contributed by atoms with Crippen LogP contribution < -0.4 is 11.1 Å². The van der Waals surface area contributed by atoms with E-state index in [1.165, 1.54) is 10.1 Å². The van der Waals surface area contributed by atoms with Gasteiger partial charge in [0, 0.05) is 39.2 Å². The fraction of sp³-hybridized carbons (Fsp3) is 0.217. The standard InChI is InChI=1S/C23H21N5OS/c24-23-21-18(10-20(29-21)17-3-1-2-14-6-9-30-22(14)17)19(12-26-23)15-11-27-28(13-15)16-4-7-25-8-5-16/h1-3,6,9-13,16,25H,4-5,7-8H2,(H2,24,26). The van der Waals surface area contributed by atoms with E-state index >= 15 is 0 Å². The van der Waals surface area contributed by atoms with Gasteiger partial charge in [-0.05, 0) is 54.9 Å². The van der Waals surface area contributed by atoms with Crippen molar-refractivity contribution < 1.29 is 4.42 Å². The van der Waals surface area contributed by atoms with Gasteiger partial charge in [0.1, 0.15) is 5.76 Å². The Balaban J connectivity index is 1.47. The van der Waals surface area contributed by atoms with Crippen LogP contribution in [0.15, 0.2) is 58.7 Å². The molecule has 1 aliphatic heterocycles. The number of nitrogens with zero attached hydrogens (tertiary/aromatic N) is 3. The maximum absolute atomic E-state index is 6.23. The van der Waals surface area contributed by atoms with Gasteiger partial charge in [0.15, 0.2) is 11.4 Å². The van der Waals surface area contributed by atoms with Crippen molar-refractivity contribution >= 4 is 38.2 Å². The molecule has 0 unspecified atom stereocenters. The Kier molecular flexibility index (Phi) is 4.11. The average molecular weight is 416 g/mol. The normalized spacial score (nSPS) is 15.3. The highest BCUT2D eigenvalue weighted by molar-refractivity contribution is 7.17. The number of anilines is 1. The molecule has 4 aromatic heterocycles. The Labute approximate surface area is 177 Å². The minimum absolute atomic E-state index is 0.407. The minimum Gasteiger partial charge on any atom is -0.452 e. The van der Waals surface area contributed by atoms with Gasteiger partial charge in [-0.25, -0.2) is 4.98 Å². The lowest BCUT2D eigenvalue weighted by Gasteiger charge is -2.22. The fourth-order valence-electron chi connectivity index (χ4n) is 4.34. The monoisotopic (exact) mass is 415 g/mol. The molecule has 0 aliphatic carbocycles. The Hall–Kier alpha value is -3.16. The molecular formula is C23H21N5OS. The number of hydrogen-bond donors (Lipinski definition) is 2. The summed E-state index contributed by atoms with van der Waals surface area (Å²) in [4.78, 5) is 4.40. The van der Waals surface area contributed by atoms with E-state index in [0.29, 0.717) is 17.4 Å². The summed E-state index contributed by atoms with van der Waals surface area (Å²) in [7, 11) is 0. The number of nitrogens with one attached hydrogen (secondary N) is 1. The van der Waals surface area contributed by atoms with E-state index in [9.17, 15) is 0 Å². The van der Waals surface area contributed by atoms with Gasteiger partial charge in [-0.2, -0.15) is 5.10 Å². The van der Waals surface area contributed by atoms with Crippen molar-refractivity contribution in [3.8, 4) is 22.5 Å². The molecule has 30 heavy (non-hydrogen) atoms. The topological polar surface area (TPSA) is 81.9 Å². The van der Waals surface area contributed by atoms with Crippen LogP contribution in [0.1, 0.15) is 18.9 Å². The number of piperidine rings is 1. The number of fused-ring (bicyclic) bond motifs is 2. The number of pyridine rings is 1. The third kappa shape index (κ3) is 2.81. The lowest BCUT2D eigenvalue weighted by Crippen LogP contribution is -2.29. The van der Waals surface area contributed by atoms with Gasteiger partial charge in [-0.3, -0.25) is 4.68 Å². The summed E-state index contributed by atoms with van der Waals surface area (Å²) in [6, 6.07) is 10.9. The fourth-order valence-corrected chi connectivity index (χ4v) is 5.26. The zero-order valence-electron chi connectivity index (χ0n) is 16.3. The maximum Gasteiger partial charge on any atom is 0.177 e. The first kappa shape index (κ1) is 17.7. The van der Waals surface area contributed by atoms with E-state index in [2.05, 4.69) is 62.0 Å². The number of rotatable bonds is 3. The Morgan fingerprint density at radius 1 is 1.13 bits per heavy atom. The highest BCUT2D eigenvalue weighted by Crippen LogP contribution is 2.39. The molecule has 1 fully saturated rings. The van der Waals surface area contributed by atoms with Crippen LogP contribution in [0.3, 0.4) is 0 Å². The predicted molar refractivity (Wildman–Crippen MR) is 122 cm³/mol. The van der Waals surface area contributed by atoms with E-state index in [0.717, 1.165) is 53.8 Å². The van der Waals surface area contributed by atoms with E-state index < -0.39 is 0 Å². The van der Waals surface area contributed by atoms with Crippen molar-refractivity contribution in [3.05, 3.63) is 54.3 Å². The Morgan fingerprint density at radius 3 is 2.93 bits per heavy atom. The third-order valence-electron chi connectivity index (χ3n) is 5.93. The largest absolute Gasteiger partial charge is 0.452 e. The van der Waals surface area contributed by atoms with Crippen molar-refractivity contribution in [3.63, 3.8) is 0 Å². The number of nitrogen functional groups attached to an aromatic ring is 1. The summed E-state index contributed by atoms with van der Waals surface area (Å²) in [5, 5.41) is 12.3. The van der Waals surface area contributed by atoms with Gasteiger partial charge in [0.25, 0.3) is 0 Å². The molecule has 6 nitrogen and oxygen atoms in total. The number of thiophene rings is 1. The number of benzene rings is 1. The van der Waals surface area contributed by atoms with Gasteiger partial charge in [-0.1, -0.05) is 12.1 Å². The highest BCUT2D eigenvalue weighted by Gasteiger charge is 2.19. The lowest BCUT2D eigenvalue weighted by atomic mass is 10.1. The van der Waals surface area contributed by atoms with Crippen LogP contribution in [-0.2, 0) is 0 Å². The van der Waals surface area contributed by atoms with E-state index in [1.807, 2.05) is 12.4 Å². The highest BCUT2D eigenvalue weighted by atomic mass is 32.1. The first-order valence-corrected chi connectivity index (χ1v) is 11.1. The lowest BCUT2D eigenvalue weighted by molar-refractivity contribution is 0.343. The second-order valence-corrected chi connectivity index (χ2v) is 8.66. The second kappa shape index (κ2) is 6.97. The van der Waals surface area contributed by atoms with Crippen LogP contribution in [0.5, 0.6) is 0 Å². The SMILES string of the molecule is Nc1ncc(-c2cnn(C3CCNCC3)c2)c2cc(-c3cccc4ccsc34)oc12. The van der Waals surface area contributed by atoms with Crippen molar-refractivity contribution in [1.29, 1.82) is 0 Å². The van der Waals surface area contributed by atoms with Crippen LogP contribution in [-0.4, -0.2) is 27.9 Å². The van der Waals surface area contributed by atoms with Crippen molar-refractivity contribution in [1.82, 2.24) is 20.1 Å². The molecule has 0 saturated carbocycles. The minimum atomic E-state index is 0.407. The molecule has 0 spiro atoms. The number of furan rings is 1. The van der Waals surface area contributed by atoms with Crippen LogP contribution in [0.25, 0.3) is 43.5 Å². The van der Waals surface area contributed by atoms with Gasteiger partial charge in [0.2, 0.25) is 0 Å². The first-order chi connectivity index (χ1) is 14.8. The molecule has 0 atom stereocenters. The molecule has 3 N–H and O–H groups in total. The summed E-state index contributed by atoms with van der Waals surface area (Å²) in [6.45, 7) is 2.07. The van der Waals surface area contributed by atoms with Crippen LogP contribution >= 0.6 is 11.3 Å². The Morgan fingerprint density at radius 2 is 2.03 bits per heavy atom. The van der Waals surface area contributed by atoms with E-state index in [-0.39, 0.29) is 0 Å². The first-order valence-electron chi connectivity index (χ1n) is 10.2. The molecular weight excluding hydrogens is 394 g/mol. The summed E-state index contributed by atoms with van der Waals surface area (Å²) in [5.41, 5.74) is 9.92. The van der Waals surface area contributed by atoms with Gasteiger partial charge >= 0.3 is 0 Å². The molecule has 0 amide bonds. The molecule has 1 aliphatic rings. The van der Waals surface area contributed by atoms with Crippen LogP contribution in [0, 0.1) is 0 Å². The molecule has 150 valence electrons. The zero-order valence-corrected chi connectivity index (χ0v) is 17.2. The summed E-state index contributed by atoms with van der Waals surface area (Å²) < 4.78 is 9.53.